The molecular weight excluding hydrogens is 677 g/mol. The van der Waals surface area contributed by atoms with Crippen molar-refractivity contribution >= 4 is 75.9 Å². The van der Waals surface area contributed by atoms with Gasteiger partial charge < -0.3 is 11.5 Å². The average Bonchev–Trinajstić information content (AvgIpc) is 3.08. The Labute approximate surface area is 288 Å². The Hall–Kier alpha value is -5.54. The number of hydrogen-bond donors (Lipinski definition) is 4. The molecule has 0 amide bonds. The lowest BCUT2D eigenvalue weighted by Gasteiger charge is -2.11. The molecule has 0 atom stereocenters. The van der Waals surface area contributed by atoms with Gasteiger partial charge in [-0.2, -0.15) is 27.1 Å². The van der Waals surface area contributed by atoms with Crippen LogP contribution in [0.3, 0.4) is 0 Å². The van der Waals surface area contributed by atoms with Gasteiger partial charge in [-0.1, -0.05) is 74.5 Å². The topological polar surface area (TPSA) is 210 Å². The van der Waals surface area contributed by atoms with Crippen LogP contribution in [0, 0.1) is 0 Å². The molecule has 12 nitrogen and oxygen atoms in total. The highest BCUT2D eigenvalue weighted by molar-refractivity contribution is 7.86. The van der Waals surface area contributed by atoms with Crippen LogP contribution in [0.2, 0.25) is 0 Å². The van der Waals surface area contributed by atoms with E-state index in [0.717, 1.165) is 22.3 Å². The molecule has 50 heavy (non-hydrogen) atoms. The summed E-state index contributed by atoms with van der Waals surface area (Å²) >= 11 is 0. The number of aryl methyl sites for hydroxylation is 2. The van der Waals surface area contributed by atoms with Crippen molar-refractivity contribution in [2.45, 2.75) is 36.5 Å². The van der Waals surface area contributed by atoms with E-state index in [0.29, 0.717) is 35.0 Å². The molecule has 254 valence electrons. The highest BCUT2D eigenvalue weighted by atomic mass is 32.2. The smallest absolute Gasteiger partial charge is 0.297 e. The highest BCUT2D eigenvalue weighted by Crippen LogP contribution is 2.40. The first kappa shape index (κ1) is 34.3. The molecule has 6 aromatic carbocycles. The van der Waals surface area contributed by atoms with Crippen LogP contribution in [0.5, 0.6) is 0 Å². The van der Waals surface area contributed by atoms with E-state index in [2.05, 4.69) is 20.5 Å². The number of nitrogens with two attached hydrogens (primary N) is 2. The number of nitrogens with zero attached hydrogens (tertiary/aromatic N) is 4. The summed E-state index contributed by atoms with van der Waals surface area (Å²) in [5.74, 6) is 0. The van der Waals surface area contributed by atoms with Crippen molar-refractivity contribution in [1.29, 1.82) is 0 Å². The predicted molar refractivity (Wildman–Crippen MR) is 195 cm³/mol. The van der Waals surface area contributed by atoms with Gasteiger partial charge in [0, 0.05) is 10.8 Å². The molecule has 6 aromatic rings. The highest BCUT2D eigenvalue weighted by Gasteiger charge is 2.22. The maximum Gasteiger partial charge on any atom is 0.297 e. The van der Waals surface area contributed by atoms with Crippen molar-refractivity contribution in [1.82, 2.24) is 0 Å². The summed E-state index contributed by atoms with van der Waals surface area (Å²) in [6.45, 7) is 3.96. The zero-order valence-corrected chi connectivity index (χ0v) is 28.6. The van der Waals surface area contributed by atoms with E-state index in [4.69, 9.17) is 11.5 Å². The molecule has 0 saturated heterocycles. The third-order valence-electron chi connectivity index (χ3n) is 8.34. The van der Waals surface area contributed by atoms with Crippen LogP contribution in [0.25, 0.3) is 32.7 Å². The summed E-state index contributed by atoms with van der Waals surface area (Å²) in [5, 5.41) is 19.0. The van der Waals surface area contributed by atoms with Gasteiger partial charge in [-0.3, -0.25) is 9.11 Å². The van der Waals surface area contributed by atoms with E-state index < -0.39 is 30.0 Å². The Morgan fingerprint density at radius 2 is 0.880 bits per heavy atom. The van der Waals surface area contributed by atoms with Crippen LogP contribution in [0.15, 0.2) is 127 Å². The molecule has 0 aromatic heterocycles. The maximum absolute atomic E-state index is 12.2. The Morgan fingerprint density at radius 3 is 1.24 bits per heavy atom. The SMILES string of the molecule is CCc1cc(-c2ccc(/N=N/c3cc4ccccc4c(S(=O)(=O)O)c3N)c(CC)c2)ccc1/N=N/c1cc2ccccc2c(S(=O)(=O)O)c1N. The van der Waals surface area contributed by atoms with E-state index in [1.165, 1.54) is 0 Å². The van der Waals surface area contributed by atoms with Crippen LogP contribution in [0.1, 0.15) is 25.0 Å². The molecule has 0 saturated carbocycles. The van der Waals surface area contributed by atoms with E-state index in [9.17, 15) is 25.9 Å². The van der Waals surface area contributed by atoms with Crippen LogP contribution >= 0.6 is 0 Å². The Morgan fingerprint density at radius 1 is 0.520 bits per heavy atom. The number of fused-ring (bicyclic) bond motifs is 2. The zero-order chi connectivity index (χ0) is 35.8. The molecular formula is C36H32N6O6S2. The fraction of sp³-hybridized carbons (Fsp3) is 0.111. The fourth-order valence-corrected chi connectivity index (χ4v) is 7.55. The number of rotatable bonds is 9. The number of azo groups is 2. The average molecular weight is 709 g/mol. The molecule has 0 aliphatic heterocycles. The minimum atomic E-state index is -4.63. The Balaban J connectivity index is 1.32. The van der Waals surface area contributed by atoms with Crippen molar-refractivity contribution in [3.63, 3.8) is 0 Å². The van der Waals surface area contributed by atoms with Gasteiger partial charge in [-0.05, 0) is 82.3 Å². The van der Waals surface area contributed by atoms with Crippen LogP contribution < -0.4 is 11.5 Å². The van der Waals surface area contributed by atoms with Crippen LogP contribution in [-0.2, 0) is 33.1 Å². The molecule has 6 N–H and O–H groups in total. The molecule has 14 heteroatoms. The molecule has 0 bridgehead atoms. The minimum Gasteiger partial charge on any atom is -0.396 e. The van der Waals surface area contributed by atoms with Crippen molar-refractivity contribution < 1.29 is 25.9 Å². The second kappa shape index (κ2) is 13.4. The molecule has 6 rings (SSSR count). The summed E-state index contributed by atoms with van der Waals surface area (Å²) < 4.78 is 68.6. The molecule has 0 spiro atoms. The monoisotopic (exact) mass is 708 g/mol. The van der Waals surface area contributed by atoms with Crippen LogP contribution in [-0.4, -0.2) is 25.9 Å². The third-order valence-corrected chi connectivity index (χ3v) is 10.2. The Bertz CT molecular complexity index is 2420. The van der Waals surface area contributed by atoms with Crippen molar-refractivity contribution in [2.75, 3.05) is 11.5 Å². The largest absolute Gasteiger partial charge is 0.396 e. The second-order valence-corrected chi connectivity index (χ2v) is 14.2. The Kier molecular flexibility index (Phi) is 9.20. The van der Waals surface area contributed by atoms with Gasteiger partial charge in [0.05, 0.1) is 22.7 Å². The fourth-order valence-electron chi connectivity index (χ4n) is 5.86. The summed E-state index contributed by atoms with van der Waals surface area (Å²) in [5.41, 5.74) is 16.9. The third kappa shape index (κ3) is 6.69. The van der Waals surface area contributed by atoms with E-state index in [1.54, 1.807) is 60.7 Å². The summed E-state index contributed by atoms with van der Waals surface area (Å²) in [6, 6.07) is 27.9. The van der Waals surface area contributed by atoms with E-state index >= 15 is 0 Å². The zero-order valence-electron chi connectivity index (χ0n) is 26.9. The molecule has 0 aliphatic rings. The van der Waals surface area contributed by atoms with Crippen molar-refractivity contribution in [3.05, 3.63) is 108 Å². The molecule has 0 fully saturated rings. The molecule has 0 aliphatic carbocycles. The van der Waals surface area contributed by atoms with Gasteiger partial charge in [-0.25, -0.2) is 0 Å². The number of hydrogen-bond acceptors (Lipinski definition) is 10. The van der Waals surface area contributed by atoms with Crippen molar-refractivity contribution in [3.8, 4) is 11.1 Å². The lowest BCUT2D eigenvalue weighted by atomic mass is 9.98. The van der Waals surface area contributed by atoms with Gasteiger partial charge >= 0.3 is 0 Å². The lowest BCUT2D eigenvalue weighted by Crippen LogP contribution is -2.04. The minimum absolute atomic E-state index is 0.111. The van der Waals surface area contributed by atoms with Gasteiger partial charge in [0.1, 0.15) is 21.2 Å². The molecule has 0 radical (unpaired) electrons. The van der Waals surface area contributed by atoms with Crippen LogP contribution in [0.4, 0.5) is 34.1 Å². The molecule has 0 heterocycles. The number of nitrogen functional groups attached to an aromatic ring is 2. The normalized spacial score (nSPS) is 12.5. The number of anilines is 2. The van der Waals surface area contributed by atoms with Gasteiger partial charge in [0.2, 0.25) is 0 Å². The van der Waals surface area contributed by atoms with Gasteiger partial charge in [0.25, 0.3) is 20.2 Å². The van der Waals surface area contributed by atoms with E-state index in [-0.39, 0.29) is 33.5 Å². The van der Waals surface area contributed by atoms with E-state index in [1.807, 2.05) is 50.2 Å². The lowest BCUT2D eigenvalue weighted by molar-refractivity contribution is 0.482. The standard InChI is InChI=1S/C36H32N6O6S2/c1-3-21-17-23(13-15-29(21)39-41-31-19-25-9-5-7-11-27(25)35(33(31)37)49(43,44)45)24-14-16-30(22(4-2)18-24)40-42-32-20-26-10-6-8-12-28(26)36(34(32)38)50(46,47)48/h5-20H,3-4,37-38H2,1-2H3,(H,43,44,45)(H,46,47,48)/b41-39+,42-40+. The number of benzene rings is 6. The quantitative estimate of drug-likeness (QED) is 0.0644. The second-order valence-electron chi connectivity index (χ2n) is 11.5. The van der Waals surface area contributed by atoms with Gasteiger partial charge in [0.15, 0.2) is 0 Å². The predicted octanol–water partition coefficient (Wildman–Crippen LogP) is 9.27. The summed E-state index contributed by atoms with van der Waals surface area (Å²) in [7, 11) is -9.27. The van der Waals surface area contributed by atoms with Gasteiger partial charge in [-0.15, -0.1) is 10.2 Å². The first-order valence-corrected chi connectivity index (χ1v) is 18.3. The first-order valence-electron chi connectivity index (χ1n) is 15.5. The summed E-state index contributed by atoms with van der Waals surface area (Å²) in [6.07, 6.45) is 1.24. The molecule has 0 unspecified atom stereocenters. The maximum atomic E-state index is 12.2. The van der Waals surface area contributed by atoms with Crippen molar-refractivity contribution in [2.24, 2.45) is 20.5 Å². The first-order chi connectivity index (χ1) is 23.8. The summed E-state index contributed by atoms with van der Waals surface area (Å²) in [4.78, 5) is -0.817.